The summed E-state index contributed by atoms with van der Waals surface area (Å²) in [5, 5.41) is 0. The molecule has 14 heavy (non-hydrogen) atoms. The molecule has 0 saturated heterocycles. The third-order valence-electron chi connectivity index (χ3n) is 2.35. The fraction of sp³-hybridized carbons (Fsp3) is 0.364. The standard InChI is InChI=1S/C11H13FN2/c1-7-2-5-9(12)10(6-7)14-11(13)8-3-4-8/h2,5-6,8H,3-4H2,1H3,(H2,13,14). The van der Waals surface area contributed by atoms with Crippen molar-refractivity contribution in [1.29, 1.82) is 0 Å². The number of amidine groups is 1. The van der Waals surface area contributed by atoms with E-state index in [0.717, 1.165) is 18.4 Å². The molecule has 0 atom stereocenters. The molecule has 1 aliphatic carbocycles. The van der Waals surface area contributed by atoms with Gasteiger partial charge in [0.2, 0.25) is 0 Å². The molecule has 0 unspecified atom stereocenters. The smallest absolute Gasteiger partial charge is 0.148 e. The molecule has 74 valence electrons. The zero-order valence-electron chi connectivity index (χ0n) is 8.13. The van der Waals surface area contributed by atoms with Crippen LogP contribution in [0.2, 0.25) is 0 Å². The van der Waals surface area contributed by atoms with E-state index in [1.807, 2.05) is 6.92 Å². The molecule has 0 amide bonds. The van der Waals surface area contributed by atoms with Gasteiger partial charge in [0.25, 0.3) is 0 Å². The Balaban J connectivity index is 2.30. The van der Waals surface area contributed by atoms with Gasteiger partial charge in [0.15, 0.2) is 0 Å². The van der Waals surface area contributed by atoms with Crippen LogP contribution in [0.15, 0.2) is 23.2 Å². The van der Waals surface area contributed by atoms with Gasteiger partial charge in [-0.1, -0.05) is 6.07 Å². The molecule has 1 saturated carbocycles. The SMILES string of the molecule is Cc1ccc(F)c(N=C(N)C2CC2)c1. The number of rotatable bonds is 2. The van der Waals surface area contributed by atoms with Crippen molar-refractivity contribution in [3.63, 3.8) is 0 Å². The summed E-state index contributed by atoms with van der Waals surface area (Å²) in [5.74, 6) is 0.642. The Bertz CT molecular complexity index is 381. The van der Waals surface area contributed by atoms with Gasteiger partial charge >= 0.3 is 0 Å². The number of benzene rings is 1. The Morgan fingerprint density at radius 3 is 2.86 bits per heavy atom. The van der Waals surface area contributed by atoms with Gasteiger partial charge in [-0.2, -0.15) is 0 Å². The first-order valence-corrected chi connectivity index (χ1v) is 4.77. The van der Waals surface area contributed by atoms with E-state index < -0.39 is 0 Å². The average Bonchev–Trinajstić information content (AvgIpc) is 2.94. The number of halogens is 1. The van der Waals surface area contributed by atoms with E-state index in [4.69, 9.17) is 5.73 Å². The summed E-state index contributed by atoms with van der Waals surface area (Å²) in [6.07, 6.45) is 2.17. The Morgan fingerprint density at radius 1 is 1.50 bits per heavy atom. The first kappa shape index (κ1) is 9.19. The Kier molecular flexibility index (Phi) is 2.23. The molecule has 0 aliphatic heterocycles. The van der Waals surface area contributed by atoms with E-state index in [2.05, 4.69) is 4.99 Å². The highest BCUT2D eigenvalue weighted by Gasteiger charge is 2.25. The van der Waals surface area contributed by atoms with Gasteiger partial charge in [0.05, 0.1) is 0 Å². The lowest BCUT2D eigenvalue weighted by Gasteiger charge is -2.00. The van der Waals surface area contributed by atoms with Gasteiger partial charge in [-0.15, -0.1) is 0 Å². The van der Waals surface area contributed by atoms with Crippen molar-refractivity contribution in [2.45, 2.75) is 19.8 Å². The molecule has 2 N–H and O–H groups in total. The van der Waals surface area contributed by atoms with Crippen molar-refractivity contribution in [3.05, 3.63) is 29.6 Å². The van der Waals surface area contributed by atoms with Crippen molar-refractivity contribution >= 4 is 11.5 Å². The van der Waals surface area contributed by atoms with Crippen molar-refractivity contribution in [1.82, 2.24) is 0 Å². The van der Waals surface area contributed by atoms with Crippen molar-refractivity contribution in [2.24, 2.45) is 16.6 Å². The molecule has 0 radical (unpaired) electrons. The van der Waals surface area contributed by atoms with Crippen LogP contribution in [0.3, 0.4) is 0 Å². The number of aryl methyl sites for hydroxylation is 1. The molecule has 0 spiro atoms. The average molecular weight is 192 g/mol. The molecule has 0 aromatic heterocycles. The summed E-state index contributed by atoms with van der Waals surface area (Å²) >= 11 is 0. The minimum atomic E-state index is -0.306. The minimum Gasteiger partial charge on any atom is -0.387 e. The second kappa shape index (κ2) is 3.40. The van der Waals surface area contributed by atoms with Crippen molar-refractivity contribution < 1.29 is 4.39 Å². The van der Waals surface area contributed by atoms with Crippen LogP contribution in [0, 0.1) is 18.7 Å². The quantitative estimate of drug-likeness (QED) is 0.567. The number of nitrogens with two attached hydrogens (primary N) is 1. The van der Waals surface area contributed by atoms with Gasteiger partial charge in [-0.05, 0) is 37.5 Å². The van der Waals surface area contributed by atoms with Crippen LogP contribution in [-0.4, -0.2) is 5.84 Å². The number of hydrogen-bond acceptors (Lipinski definition) is 1. The molecule has 1 aromatic rings. The largest absolute Gasteiger partial charge is 0.387 e. The molecular weight excluding hydrogens is 179 g/mol. The second-order valence-electron chi connectivity index (χ2n) is 3.77. The highest BCUT2D eigenvalue weighted by atomic mass is 19.1. The summed E-state index contributed by atoms with van der Waals surface area (Å²) in [5.41, 5.74) is 7.06. The van der Waals surface area contributed by atoms with Crippen LogP contribution in [0.4, 0.5) is 10.1 Å². The summed E-state index contributed by atoms with van der Waals surface area (Å²) in [4.78, 5) is 4.10. The Labute approximate surface area is 82.7 Å². The lowest BCUT2D eigenvalue weighted by molar-refractivity contribution is 0.629. The van der Waals surface area contributed by atoms with Gasteiger partial charge in [0.1, 0.15) is 17.3 Å². The van der Waals surface area contributed by atoms with Crippen LogP contribution in [-0.2, 0) is 0 Å². The lowest BCUT2D eigenvalue weighted by Crippen LogP contribution is -2.13. The third-order valence-corrected chi connectivity index (χ3v) is 2.35. The van der Waals surface area contributed by atoms with E-state index in [-0.39, 0.29) is 5.82 Å². The monoisotopic (exact) mass is 192 g/mol. The molecule has 1 aromatic carbocycles. The molecule has 0 heterocycles. The molecule has 2 rings (SSSR count). The number of nitrogens with zero attached hydrogens (tertiary/aromatic N) is 1. The topological polar surface area (TPSA) is 38.4 Å². The summed E-state index contributed by atoms with van der Waals surface area (Å²) in [7, 11) is 0. The maximum Gasteiger partial charge on any atom is 0.148 e. The van der Waals surface area contributed by atoms with Gasteiger partial charge < -0.3 is 5.73 Å². The fourth-order valence-electron chi connectivity index (χ4n) is 1.32. The predicted octanol–water partition coefficient (Wildman–Crippen LogP) is 2.53. The molecule has 0 bridgehead atoms. The molecule has 2 nitrogen and oxygen atoms in total. The highest BCUT2D eigenvalue weighted by Crippen LogP contribution is 2.30. The molecule has 1 fully saturated rings. The van der Waals surface area contributed by atoms with Gasteiger partial charge in [-0.25, -0.2) is 9.38 Å². The number of aliphatic imine (C=N–C) groups is 1. The van der Waals surface area contributed by atoms with E-state index in [1.165, 1.54) is 6.07 Å². The van der Waals surface area contributed by atoms with E-state index in [9.17, 15) is 4.39 Å². The first-order chi connectivity index (χ1) is 6.66. The summed E-state index contributed by atoms with van der Waals surface area (Å²) < 4.78 is 13.3. The van der Waals surface area contributed by atoms with Crippen LogP contribution in [0.5, 0.6) is 0 Å². The predicted molar refractivity (Wildman–Crippen MR) is 55.1 cm³/mol. The zero-order valence-corrected chi connectivity index (χ0v) is 8.13. The molecule has 1 aliphatic rings. The van der Waals surface area contributed by atoms with Gasteiger partial charge in [-0.3, -0.25) is 0 Å². The van der Waals surface area contributed by atoms with Crippen LogP contribution in [0.1, 0.15) is 18.4 Å². The highest BCUT2D eigenvalue weighted by molar-refractivity contribution is 5.87. The minimum absolute atomic E-state index is 0.306. The molecular formula is C11H13FN2. The maximum absolute atomic E-state index is 13.3. The maximum atomic E-state index is 13.3. The number of hydrogen-bond donors (Lipinski definition) is 1. The fourth-order valence-corrected chi connectivity index (χ4v) is 1.32. The summed E-state index contributed by atoms with van der Waals surface area (Å²) in [6.45, 7) is 1.91. The zero-order chi connectivity index (χ0) is 10.1. The lowest BCUT2D eigenvalue weighted by atomic mass is 10.2. The van der Waals surface area contributed by atoms with Crippen molar-refractivity contribution in [3.8, 4) is 0 Å². The first-order valence-electron chi connectivity index (χ1n) is 4.77. The normalized spacial score (nSPS) is 17.1. The second-order valence-corrected chi connectivity index (χ2v) is 3.77. The third kappa shape index (κ3) is 1.92. The van der Waals surface area contributed by atoms with Gasteiger partial charge in [0, 0.05) is 5.92 Å². The van der Waals surface area contributed by atoms with Crippen LogP contribution < -0.4 is 5.73 Å². The Morgan fingerprint density at radius 2 is 2.21 bits per heavy atom. The van der Waals surface area contributed by atoms with Crippen LogP contribution >= 0.6 is 0 Å². The summed E-state index contributed by atoms with van der Waals surface area (Å²) in [6, 6.07) is 4.86. The molecule has 3 heteroatoms. The van der Waals surface area contributed by atoms with E-state index in [0.29, 0.717) is 17.4 Å². The van der Waals surface area contributed by atoms with E-state index >= 15 is 0 Å². The van der Waals surface area contributed by atoms with E-state index in [1.54, 1.807) is 12.1 Å². The Hall–Kier alpha value is -1.38. The van der Waals surface area contributed by atoms with Crippen molar-refractivity contribution in [2.75, 3.05) is 0 Å². The van der Waals surface area contributed by atoms with Crippen LogP contribution in [0.25, 0.3) is 0 Å².